The Morgan fingerprint density at radius 3 is 2.00 bits per heavy atom. The summed E-state index contributed by atoms with van der Waals surface area (Å²) in [4.78, 5) is 37.3. The van der Waals surface area contributed by atoms with Crippen molar-refractivity contribution >= 4 is 92.8 Å². The maximum Gasteiger partial charge on any atom is 0.471 e. The SMILES string of the molecule is Cc1cc(NC(=O)c2cc(NC(=O)C3C(c4cc(Cl)cc(Cl)c4)C3(Cl)Cl)ccc2Cl)cc(NC(=O)C(F)(F)F)c1. The number of anilines is 3. The smallest absolute Gasteiger partial charge is 0.326 e. The fraction of sp³-hybridized carbons (Fsp3) is 0.192. The Hall–Kier alpha value is -2.69. The van der Waals surface area contributed by atoms with Crippen LogP contribution < -0.4 is 16.0 Å². The Morgan fingerprint density at radius 1 is 0.800 bits per heavy atom. The van der Waals surface area contributed by atoms with Gasteiger partial charge >= 0.3 is 12.1 Å². The van der Waals surface area contributed by atoms with Gasteiger partial charge in [0.05, 0.1) is 16.5 Å². The molecular weight excluding hydrogens is 637 g/mol. The van der Waals surface area contributed by atoms with E-state index in [9.17, 15) is 27.6 Å². The van der Waals surface area contributed by atoms with Crippen LogP contribution in [0.25, 0.3) is 0 Å². The highest BCUT2D eigenvalue weighted by molar-refractivity contribution is 6.53. The highest BCUT2D eigenvalue weighted by atomic mass is 35.5. The predicted molar refractivity (Wildman–Crippen MR) is 151 cm³/mol. The quantitative estimate of drug-likeness (QED) is 0.234. The summed E-state index contributed by atoms with van der Waals surface area (Å²) in [7, 11) is 0. The molecular formula is C26H17Cl5F3N3O3. The number of rotatable bonds is 6. The van der Waals surface area contributed by atoms with Gasteiger partial charge in [-0.25, -0.2) is 0 Å². The molecule has 3 N–H and O–H groups in total. The van der Waals surface area contributed by atoms with Crippen LogP contribution in [-0.2, 0) is 9.59 Å². The van der Waals surface area contributed by atoms with Crippen LogP contribution in [-0.4, -0.2) is 28.2 Å². The number of halogens is 8. The van der Waals surface area contributed by atoms with Gasteiger partial charge < -0.3 is 16.0 Å². The van der Waals surface area contributed by atoms with E-state index in [1.807, 2.05) is 0 Å². The van der Waals surface area contributed by atoms with Crippen molar-refractivity contribution in [1.82, 2.24) is 0 Å². The van der Waals surface area contributed by atoms with E-state index in [0.717, 1.165) is 6.07 Å². The second-order valence-electron chi connectivity index (χ2n) is 9.01. The lowest BCUT2D eigenvalue weighted by Gasteiger charge is -2.13. The van der Waals surface area contributed by atoms with Gasteiger partial charge in [0.2, 0.25) is 5.91 Å². The number of carbonyl (C=O) groups is 3. The van der Waals surface area contributed by atoms with Crippen LogP contribution in [0, 0.1) is 12.8 Å². The number of alkyl halides is 5. The first-order valence-electron chi connectivity index (χ1n) is 11.3. The lowest BCUT2D eigenvalue weighted by Crippen LogP contribution is -2.30. The fourth-order valence-corrected chi connectivity index (χ4v) is 5.72. The summed E-state index contributed by atoms with van der Waals surface area (Å²) in [5.74, 6) is -4.84. The van der Waals surface area contributed by atoms with Gasteiger partial charge in [-0.05, 0) is 72.6 Å². The van der Waals surface area contributed by atoms with Crippen molar-refractivity contribution < 1.29 is 27.6 Å². The number of nitrogens with one attached hydrogen (secondary N) is 3. The maximum absolute atomic E-state index is 13.0. The van der Waals surface area contributed by atoms with E-state index in [1.54, 1.807) is 24.4 Å². The molecule has 2 unspecified atom stereocenters. The summed E-state index contributed by atoms with van der Waals surface area (Å²) in [5, 5.41) is 7.67. The van der Waals surface area contributed by atoms with Crippen molar-refractivity contribution in [3.63, 3.8) is 0 Å². The van der Waals surface area contributed by atoms with Crippen molar-refractivity contribution in [1.29, 1.82) is 0 Å². The first kappa shape index (κ1) is 30.3. The monoisotopic (exact) mass is 651 g/mol. The van der Waals surface area contributed by atoms with Crippen LogP contribution in [0.1, 0.15) is 27.4 Å². The van der Waals surface area contributed by atoms with Gasteiger partial charge in [0.25, 0.3) is 5.91 Å². The molecule has 14 heteroatoms. The number of hydrogen-bond donors (Lipinski definition) is 3. The van der Waals surface area contributed by atoms with Crippen molar-refractivity contribution in [3.05, 3.63) is 86.4 Å². The number of hydrogen-bond acceptors (Lipinski definition) is 3. The van der Waals surface area contributed by atoms with Gasteiger partial charge in [0.15, 0.2) is 0 Å². The predicted octanol–water partition coefficient (Wildman–Crippen LogP) is 8.23. The van der Waals surface area contributed by atoms with Crippen molar-refractivity contribution in [2.45, 2.75) is 23.4 Å². The summed E-state index contributed by atoms with van der Waals surface area (Å²) in [6.45, 7) is 1.57. The molecule has 1 aliphatic carbocycles. The molecule has 210 valence electrons. The summed E-state index contributed by atoms with van der Waals surface area (Å²) < 4.78 is 36.5. The largest absolute Gasteiger partial charge is 0.471 e. The van der Waals surface area contributed by atoms with Crippen molar-refractivity contribution in [2.24, 2.45) is 5.92 Å². The zero-order chi connectivity index (χ0) is 29.6. The molecule has 0 heterocycles. The minimum atomic E-state index is -5.08. The van der Waals surface area contributed by atoms with E-state index in [4.69, 9.17) is 58.0 Å². The van der Waals surface area contributed by atoms with E-state index in [1.165, 1.54) is 36.4 Å². The van der Waals surface area contributed by atoms with Crippen LogP contribution in [0.5, 0.6) is 0 Å². The summed E-state index contributed by atoms with van der Waals surface area (Å²) in [5.41, 5.74) is 1.15. The lowest BCUT2D eigenvalue weighted by atomic mass is 10.1. The van der Waals surface area contributed by atoms with Crippen LogP contribution in [0.4, 0.5) is 30.2 Å². The zero-order valence-electron chi connectivity index (χ0n) is 20.1. The van der Waals surface area contributed by atoms with Crippen LogP contribution in [0.2, 0.25) is 15.1 Å². The van der Waals surface area contributed by atoms with Gasteiger partial charge in [0.1, 0.15) is 4.33 Å². The Labute approximate surface area is 251 Å². The Balaban J connectivity index is 1.49. The average Bonchev–Trinajstić information content (AvgIpc) is 3.40. The standard InChI is InChI=1S/C26H17Cl5F3N3O3/c1-11-4-16(9-17(5-11)37-24(40)26(32,33)34)36-22(38)18-10-15(2-3-19(18)29)35-23(39)21-20(25(21,30)31)12-6-13(27)8-14(28)7-12/h2-10,20-21H,1H3,(H,35,39)(H,36,38)(H,37,40). The van der Waals surface area contributed by atoms with Crippen LogP contribution in [0.15, 0.2) is 54.6 Å². The topological polar surface area (TPSA) is 87.3 Å². The second kappa shape index (κ2) is 11.3. The fourth-order valence-electron chi connectivity index (χ4n) is 4.15. The zero-order valence-corrected chi connectivity index (χ0v) is 23.9. The highest BCUT2D eigenvalue weighted by Gasteiger charge is 2.67. The summed E-state index contributed by atoms with van der Waals surface area (Å²) in [6.07, 6.45) is -5.08. The molecule has 6 nitrogen and oxygen atoms in total. The number of amides is 3. The number of carbonyl (C=O) groups excluding carboxylic acids is 3. The summed E-state index contributed by atoms with van der Waals surface area (Å²) in [6, 6.07) is 12.9. The minimum Gasteiger partial charge on any atom is -0.326 e. The summed E-state index contributed by atoms with van der Waals surface area (Å²) >= 11 is 31.1. The van der Waals surface area contributed by atoms with E-state index in [2.05, 4.69) is 10.6 Å². The first-order valence-corrected chi connectivity index (χ1v) is 13.2. The molecule has 0 radical (unpaired) electrons. The van der Waals surface area contributed by atoms with Gasteiger partial charge in [-0.15, -0.1) is 23.2 Å². The molecule has 0 aliphatic heterocycles. The molecule has 0 aromatic heterocycles. The van der Waals surface area contributed by atoms with Crippen molar-refractivity contribution in [3.8, 4) is 0 Å². The molecule has 1 fully saturated rings. The molecule has 3 aromatic carbocycles. The van der Waals surface area contributed by atoms with E-state index in [0.29, 0.717) is 21.2 Å². The number of aryl methyl sites for hydroxylation is 1. The maximum atomic E-state index is 13.0. The van der Waals surface area contributed by atoms with Crippen LogP contribution in [0.3, 0.4) is 0 Å². The Bertz CT molecular complexity index is 1510. The van der Waals surface area contributed by atoms with Gasteiger partial charge in [-0.2, -0.15) is 13.2 Å². The molecule has 1 aliphatic rings. The molecule has 2 atom stereocenters. The molecule has 0 bridgehead atoms. The third-order valence-electron chi connectivity index (χ3n) is 5.91. The highest BCUT2D eigenvalue weighted by Crippen LogP contribution is 2.65. The number of benzene rings is 3. The lowest BCUT2D eigenvalue weighted by molar-refractivity contribution is -0.167. The third kappa shape index (κ3) is 6.78. The Kier molecular flexibility index (Phi) is 8.55. The Morgan fingerprint density at radius 2 is 1.40 bits per heavy atom. The third-order valence-corrected chi connectivity index (χ3v) is 7.62. The first-order chi connectivity index (χ1) is 18.6. The normalized spacial score (nSPS) is 17.6. The molecule has 4 rings (SSSR count). The van der Waals surface area contributed by atoms with E-state index >= 15 is 0 Å². The van der Waals surface area contributed by atoms with Gasteiger partial charge in [-0.1, -0.05) is 34.8 Å². The van der Waals surface area contributed by atoms with Crippen molar-refractivity contribution in [2.75, 3.05) is 16.0 Å². The second-order valence-corrected chi connectivity index (χ2v) is 11.7. The molecule has 40 heavy (non-hydrogen) atoms. The average molecular weight is 654 g/mol. The molecule has 0 saturated heterocycles. The van der Waals surface area contributed by atoms with E-state index in [-0.39, 0.29) is 27.6 Å². The molecule has 3 aromatic rings. The van der Waals surface area contributed by atoms with Gasteiger partial charge in [-0.3, -0.25) is 14.4 Å². The van der Waals surface area contributed by atoms with Gasteiger partial charge in [0, 0.05) is 33.0 Å². The molecule has 0 spiro atoms. The molecule has 3 amide bonds. The van der Waals surface area contributed by atoms with E-state index < -0.39 is 40.1 Å². The minimum absolute atomic E-state index is 0.0376. The molecule has 1 saturated carbocycles. The van der Waals surface area contributed by atoms with Crippen LogP contribution >= 0.6 is 58.0 Å².